The maximum atomic E-state index is 10.8. The minimum atomic E-state index is -0.833. The van der Waals surface area contributed by atoms with Gasteiger partial charge in [-0.25, -0.2) is 4.79 Å². The lowest BCUT2D eigenvalue weighted by atomic mass is 10.2. The van der Waals surface area contributed by atoms with Crippen molar-refractivity contribution in [2.45, 2.75) is 19.3 Å². The van der Waals surface area contributed by atoms with Gasteiger partial charge < -0.3 is 15.2 Å². The smallest absolute Gasteiger partial charge is 0.408 e. The maximum Gasteiger partial charge on any atom is 0.408 e. The molecule has 0 unspecified atom stereocenters. The predicted molar refractivity (Wildman–Crippen MR) is 49.7 cm³/mol. The Kier molecular flexibility index (Phi) is 6.96. The zero-order valence-electron chi connectivity index (χ0n) is 7.78. The van der Waals surface area contributed by atoms with Gasteiger partial charge in [-0.05, 0) is 12.8 Å². The number of unbranched alkanes of at least 4 members (excludes halogenated alkanes) is 1. The van der Waals surface area contributed by atoms with Crippen LogP contribution in [-0.4, -0.2) is 30.3 Å². The highest BCUT2D eigenvalue weighted by Crippen LogP contribution is 1.93. The van der Waals surface area contributed by atoms with E-state index >= 15 is 0 Å². The van der Waals surface area contributed by atoms with Gasteiger partial charge >= 0.3 is 12.1 Å². The fourth-order valence-electron chi connectivity index (χ4n) is 0.750. The van der Waals surface area contributed by atoms with Gasteiger partial charge in [0, 0.05) is 13.0 Å². The minimum absolute atomic E-state index is 0.0546. The first-order valence-corrected chi connectivity index (χ1v) is 4.22. The van der Waals surface area contributed by atoms with Crippen molar-refractivity contribution >= 4 is 12.1 Å². The molecule has 0 saturated carbocycles. The van der Waals surface area contributed by atoms with Gasteiger partial charge in [-0.2, -0.15) is 0 Å². The summed E-state index contributed by atoms with van der Waals surface area (Å²) in [6.07, 6.45) is 5.55. The molecule has 0 fully saturated rings. The second-order valence-corrected chi connectivity index (χ2v) is 2.56. The van der Waals surface area contributed by atoms with E-state index in [0.717, 1.165) is 0 Å². The molecule has 0 heterocycles. The Bertz CT molecular complexity index is 231. The largest absolute Gasteiger partial charge is 0.481 e. The first-order valence-electron chi connectivity index (χ1n) is 4.22. The van der Waals surface area contributed by atoms with E-state index in [1.807, 2.05) is 0 Å². The van der Waals surface area contributed by atoms with Gasteiger partial charge in [0.25, 0.3) is 0 Å². The molecule has 0 aromatic heterocycles. The number of aliphatic carboxylic acids is 1. The molecule has 78 valence electrons. The molecule has 0 rings (SSSR count). The standard InChI is InChI=1S/C9H13NO4/c1-2-7-14-9(13)10-6-4-3-5-8(11)12/h1H,3-7H2,(H,10,13)(H,11,12). The molecule has 14 heavy (non-hydrogen) atoms. The van der Waals surface area contributed by atoms with Crippen molar-refractivity contribution in [1.82, 2.24) is 5.32 Å². The second kappa shape index (κ2) is 7.92. The number of nitrogens with one attached hydrogen (secondary N) is 1. The van der Waals surface area contributed by atoms with Crippen LogP contribution in [0.3, 0.4) is 0 Å². The second-order valence-electron chi connectivity index (χ2n) is 2.56. The molecule has 0 aliphatic rings. The number of alkyl carbamates (subject to hydrolysis) is 1. The minimum Gasteiger partial charge on any atom is -0.481 e. The Morgan fingerprint density at radius 3 is 2.71 bits per heavy atom. The summed E-state index contributed by atoms with van der Waals surface area (Å²) in [7, 11) is 0. The van der Waals surface area contributed by atoms with E-state index in [1.54, 1.807) is 0 Å². The van der Waals surface area contributed by atoms with Crippen LogP contribution in [0.5, 0.6) is 0 Å². The predicted octanol–water partition coefficient (Wildman–Crippen LogP) is 0.601. The van der Waals surface area contributed by atoms with Crippen LogP contribution in [0.15, 0.2) is 0 Å². The van der Waals surface area contributed by atoms with E-state index in [2.05, 4.69) is 16.0 Å². The number of ether oxygens (including phenoxy) is 1. The Morgan fingerprint density at radius 1 is 1.43 bits per heavy atom. The van der Waals surface area contributed by atoms with Gasteiger partial charge in [-0.1, -0.05) is 5.92 Å². The molecule has 1 amide bonds. The average Bonchev–Trinajstić information content (AvgIpc) is 2.13. The fourth-order valence-corrected chi connectivity index (χ4v) is 0.750. The summed E-state index contributed by atoms with van der Waals surface area (Å²) >= 11 is 0. The van der Waals surface area contributed by atoms with E-state index < -0.39 is 12.1 Å². The van der Waals surface area contributed by atoms with Gasteiger partial charge in [0.2, 0.25) is 0 Å². The molecule has 5 heteroatoms. The number of hydrogen-bond donors (Lipinski definition) is 2. The SMILES string of the molecule is C#CCOC(=O)NCCCCC(=O)O. The number of carboxylic acid groups (broad SMARTS) is 1. The number of hydrogen-bond acceptors (Lipinski definition) is 3. The molecule has 0 aliphatic heterocycles. The van der Waals surface area contributed by atoms with E-state index in [1.165, 1.54) is 0 Å². The van der Waals surface area contributed by atoms with Crippen molar-refractivity contribution in [2.24, 2.45) is 0 Å². The monoisotopic (exact) mass is 199 g/mol. The highest BCUT2D eigenvalue weighted by atomic mass is 16.5. The zero-order valence-corrected chi connectivity index (χ0v) is 7.78. The van der Waals surface area contributed by atoms with Crippen LogP contribution < -0.4 is 5.32 Å². The number of rotatable bonds is 6. The van der Waals surface area contributed by atoms with Gasteiger partial charge in [-0.15, -0.1) is 6.42 Å². The zero-order chi connectivity index (χ0) is 10.8. The van der Waals surface area contributed by atoms with Crippen molar-refractivity contribution in [3.05, 3.63) is 0 Å². The third-order valence-corrected chi connectivity index (χ3v) is 1.37. The Labute approximate surface area is 82.4 Å². The Hall–Kier alpha value is -1.70. The third-order valence-electron chi connectivity index (χ3n) is 1.37. The lowest BCUT2D eigenvalue weighted by Gasteiger charge is -2.03. The van der Waals surface area contributed by atoms with Crippen LogP contribution >= 0.6 is 0 Å². The maximum absolute atomic E-state index is 10.8. The van der Waals surface area contributed by atoms with Crippen molar-refractivity contribution in [2.75, 3.05) is 13.2 Å². The van der Waals surface area contributed by atoms with Crippen LogP contribution in [0.1, 0.15) is 19.3 Å². The van der Waals surface area contributed by atoms with E-state index in [0.29, 0.717) is 19.4 Å². The number of carbonyl (C=O) groups excluding carboxylic acids is 1. The summed E-state index contributed by atoms with van der Waals surface area (Å²) in [5.74, 6) is 1.32. The number of amides is 1. The fraction of sp³-hybridized carbons (Fsp3) is 0.556. The molecule has 0 saturated heterocycles. The van der Waals surface area contributed by atoms with E-state index in [-0.39, 0.29) is 13.0 Å². The molecule has 0 bridgehead atoms. The van der Waals surface area contributed by atoms with Crippen LogP contribution in [0.4, 0.5) is 4.79 Å². The lowest BCUT2D eigenvalue weighted by Crippen LogP contribution is -2.25. The first-order chi connectivity index (χ1) is 6.66. The summed E-state index contributed by atoms with van der Waals surface area (Å²) in [6, 6.07) is 0. The van der Waals surface area contributed by atoms with E-state index in [4.69, 9.17) is 11.5 Å². The highest BCUT2D eigenvalue weighted by Gasteiger charge is 2.00. The third kappa shape index (κ3) is 8.40. The van der Waals surface area contributed by atoms with Gasteiger partial charge in [0.15, 0.2) is 6.61 Å². The summed E-state index contributed by atoms with van der Waals surface area (Å²) < 4.78 is 4.52. The van der Waals surface area contributed by atoms with Crippen LogP contribution in [0.2, 0.25) is 0 Å². The number of carboxylic acids is 1. The molecule has 0 radical (unpaired) electrons. The molecule has 0 aromatic rings. The molecule has 5 nitrogen and oxygen atoms in total. The van der Waals surface area contributed by atoms with Gasteiger partial charge in [0.1, 0.15) is 0 Å². The summed E-state index contributed by atoms with van der Waals surface area (Å²) in [4.78, 5) is 20.9. The Morgan fingerprint density at radius 2 is 2.14 bits per heavy atom. The molecule has 2 N–H and O–H groups in total. The van der Waals surface area contributed by atoms with Crippen LogP contribution in [0.25, 0.3) is 0 Å². The number of terminal acetylenes is 1. The summed E-state index contributed by atoms with van der Waals surface area (Å²) in [6.45, 7) is 0.345. The summed E-state index contributed by atoms with van der Waals surface area (Å²) in [5.41, 5.74) is 0. The number of carbonyl (C=O) groups is 2. The van der Waals surface area contributed by atoms with Crippen molar-refractivity contribution in [3.8, 4) is 12.3 Å². The highest BCUT2D eigenvalue weighted by molar-refractivity contribution is 5.67. The topological polar surface area (TPSA) is 75.6 Å². The molecule has 0 aromatic carbocycles. The molecule has 0 spiro atoms. The first kappa shape index (κ1) is 12.3. The van der Waals surface area contributed by atoms with E-state index in [9.17, 15) is 9.59 Å². The van der Waals surface area contributed by atoms with Gasteiger partial charge in [0.05, 0.1) is 0 Å². The Balaban J connectivity index is 3.24. The lowest BCUT2D eigenvalue weighted by molar-refractivity contribution is -0.137. The molecular weight excluding hydrogens is 186 g/mol. The van der Waals surface area contributed by atoms with Crippen molar-refractivity contribution < 1.29 is 19.4 Å². The van der Waals surface area contributed by atoms with Gasteiger partial charge in [-0.3, -0.25) is 4.79 Å². The molecular formula is C9H13NO4. The average molecular weight is 199 g/mol. The van der Waals surface area contributed by atoms with Crippen LogP contribution in [0, 0.1) is 12.3 Å². The summed E-state index contributed by atoms with van der Waals surface area (Å²) in [5, 5.41) is 10.7. The molecule has 0 atom stereocenters. The normalized spacial score (nSPS) is 8.79. The van der Waals surface area contributed by atoms with Crippen molar-refractivity contribution in [1.29, 1.82) is 0 Å². The molecule has 0 aliphatic carbocycles. The van der Waals surface area contributed by atoms with Crippen LogP contribution in [-0.2, 0) is 9.53 Å². The quantitative estimate of drug-likeness (QED) is 0.485. The van der Waals surface area contributed by atoms with Crippen molar-refractivity contribution in [3.63, 3.8) is 0 Å².